The van der Waals surface area contributed by atoms with Gasteiger partial charge >= 0.3 is 0 Å². The van der Waals surface area contributed by atoms with Crippen molar-refractivity contribution in [2.24, 2.45) is 10.8 Å². The average Bonchev–Trinajstić information content (AvgIpc) is 2.63. The molecule has 2 aliphatic rings. The molecule has 4 nitrogen and oxygen atoms in total. The van der Waals surface area contributed by atoms with Gasteiger partial charge in [0.2, 0.25) is 11.8 Å². The summed E-state index contributed by atoms with van der Waals surface area (Å²) in [5.74, 6) is 0.0215. The highest BCUT2D eigenvalue weighted by atomic mass is 16.2. The first kappa shape index (κ1) is 14.4. The van der Waals surface area contributed by atoms with Crippen LogP contribution in [0.5, 0.6) is 0 Å². The molecule has 1 aliphatic heterocycles. The van der Waals surface area contributed by atoms with Crippen LogP contribution in [0.1, 0.15) is 54.9 Å². The third kappa shape index (κ3) is 1.72. The van der Waals surface area contributed by atoms with Gasteiger partial charge in [-0.05, 0) is 31.1 Å². The van der Waals surface area contributed by atoms with E-state index in [-0.39, 0.29) is 34.7 Å². The summed E-state index contributed by atoms with van der Waals surface area (Å²) in [4.78, 5) is 26.8. The van der Waals surface area contributed by atoms with Gasteiger partial charge in [-0.1, -0.05) is 34.6 Å². The lowest BCUT2D eigenvalue weighted by molar-refractivity contribution is -0.155. The maximum Gasteiger partial charge on any atom is 0.248 e. The van der Waals surface area contributed by atoms with Gasteiger partial charge in [0.15, 0.2) is 0 Å². The topological polar surface area (TPSA) is 49.4 Å². The van der Waals surface area contributed by atoms with Gasteiger partial charge in [-0.3, -0.25) is 9.59 Å². The van der Waals surface area contributed by atoms with E-state index in [0.29, 0.717) is 6.42 Å². The summed E-state index contributed by atoms with van der Waals surface area (Å²) in [5.41, 5.74) is -0.676. The van der Waals surface area contributed by atoms with Crippen molar-refractivity contribution in [3.05, 3.63) is 0 Å². The summed E-state index contributed by atoms with van der Waals surface area (Å²) in [6.45, 7) is 14.2. The molecule has 1 heterocycles. The van der Waals surface area contributed by atoms with Crippen LogP contribution in [0.4, 0.5) is 0 Å². The fourth-order valence-electron chi connectivity index (χ4n) is 3.57. The maximum absolute atomic E-state index is 12.7. The Labute approximate surface area is 115 Å². The molecule has 2 fully saturated rings. The molecule has 0 spiro atoms. The molecule has 108 valence electrons. The number of hydrogen-bond acceptors (Lipinski definition) is 2. The van der Waals surface area contributed by atoms with Gasteiger partial charge in [-0.15, -0.1) is 0 Å². The zero-order valence-corrected chi connectivity index (χ0v) is 13.1. The summed E-state index contributed by atoms with van der Waals surface area (Å²) in [5, 5.41) is 2.84. The minimum Gasteiger partial charge on any atom is -0.340 e. The number of piperazine rings is 1. The van der Waals surface area contributed by atoms with Crippen molar-refractivity contribution < 1.29 is 9.59 Å². The van der Waals surface area contributed by atoms with Crippen molar-refractivity contribution in [2.45, 2.75) is 72.5 Å². The van der Waals surface area contributed by atoms with Crippen LogP contribution in [0.2, 0.25) is 0 Å². The molecule has 0 aromatic heterocycles. The van der Waals surface area contributed by atoms with Crippen LogP contribution in [0.3, 0.4) is 0 Å². The monoisotopic (exact) mass is 266 g/mol. The molecule has 19 heavy (non-hydrogen) atoms. The number of amides is 2. The lowest BCUT2D eigenvalue weighted by atomic mass is 9.94. The average molecular weight is 266 g/mol. The Morgan fingerprint density at radius 3 is 1.89 bits per heavy atom. The van der Waals surface area contributed by atoms with E-state index in [1.165, 1.54) is 0 Å². The molecule has 1 unspecified atom stereocenters. The van der Waals surface area contributed by atoms with Crippen LogP contribution in [0, 0.1) is 10.8 Å². The highest BCUT2D eigenvalue weighted by Crippen LogP contribution is 2.66. The second-order valence-electron chi connectivity index (χ2n) is 7.60. The third-order valence-corrected chi connectivity index (χ3v) is 5.45. The van der Waals surface area contributed by atoms with Crippen LogP contribution in [0.25, 0.3) is 0 Å². The maximum atomic E-state index is 12.7. The fourth-order valence-corrected chi connectivity index (χ4v) is 3.57. The van der Waals surface area contributed by atoms with E-state index in [9.17, 15) is 9.59 Å². The van der Waals surface area contributed by atoms with Crippen molar-refractivity contribution in [3.8, 4) is 0 Å². The minimum atomic E-state index is -0.794. The first-order valence-corrected chi connectivity index (χ1v) is 7.13. The Morgan fingerprint density at radius 1 is 1.05 bits per heavy atom. The van der Waals surface area contributed by atoms with E-state index >= 15 is 0 Å². The van der Waals surface area contributed by atoms with Crippen LogP contribution in [-0.4, -0.2) is 34.3 Å². The number of nitrogens with zero attached hydrogens (tertiary/aromatic N) is 1. The first-order chi connectivity index (χ1) is 8.48. The molecule has 2 rings (SSSR count). The summed E-state index contributed by atoms with van der Waals surface area (Å²) < 4.78 is 0. The highest BCUT2D eigenvalue weighted by molar-refractivity contribution is 5.99. The van der Waals surface area contributed by atoms with Crippen molar-refractivity contribution in [3.63, 3.8) is 0 Å². The summed E-state index contributed by atoms with van der Waals surface area (Å²) in [6.07, 6.45) is 0.663. The molecule has 0 aromatic rings. The second kappa shape index (κ2) is 3.74. The molecule has 1 saturated carbocycles. The molecule has 4 heteroatoms. The van der Waals surface area contributed by atoms with Gasteiger partial charge in [-0.25, -0.2) is 0 Å². The molecular formula is C15H26N2O2. The zero-order chi connectivity index (χ0) is 14.8. The van der Waals surface area contributed by atoms with Gasteiger partial charge in [-0.2, -0.15) is 0 Å². The van der Waals surface area contributed by atoms with Crippen molar-refractivity contribution in [2.75, 3.05) is 0 Å². The number of carbonyl (C=O) groups excluding carboxylic acids is 2. The second-order valence-corrected chi connectivity index (χ2v) is 7.60. The Balaban J connectivity index is 2.41. The molecule has 1 atom stereocenters. The van der Waals surface area contributed by atoms with Gasteiger partial charge in [0.05, 0.1) is 0 Å². The van der Waals surface area contributed by atoms with Crippen molar-refractivity contribution in [1.29, 1.82) is 0 Å². The summed E-state index contributed by atoms with van der Waals surface area (Å²) >= 11 is 0. The van der Waals surface area contributed by atoms with E-state index in [2.05, 4.69) is 33.0 Å². The van der Waals surface area contributed by atoms with E-state index in [4.69, 9.17) is 0 Å². The Morgan fingerprint density at radius 2 is 1.53 bits per heavy atom. The standard InChI is InChI=1S/C15H26N2O2/c1-8-9-10(18)16-15(6,7)12(19)17(9)11-13(2,3)14(11,4)5/h9,11H,8H2,1-7H3,(H,16,18). The Bertz CT molecular complexity index is 423. The SMILES string of the molecule is CCC1C(=O)NC(C)(C)C(=O)N1C1C(C)(C)C1(C)C. The number of rotatable bonds is 2. The largest absolute Gasteiger partial charge is 0.340 e. The molecule has 1 saturated heterocycles. The van der Waals surface area contributed by atoms with Gasteiger partial charge in [0.25, 0.3) is 0 Å². The smallest absolute Gasteiger partial charge is 0.248 e. The van der Waals surface area contributed by atoms with E-state index < -0.39 is 5.54 Å². The minimum absolute atomic E-state index is 0.0226. The van der Waals surface area contributed by atoms with Gasteiger partial charge in [0, 0.05) is 6.04 Å². The lowest BCUT2D eigenvalue weighted by Crippen LogP contribution is -2.69. The van der Waals surface area contributed by atoms with E-state index in [1.54, 1.807) is 13.8 Å². The highest BCUT2D eigenvalue weighted by Gasteiger charge is 2.70. The molecule has 0 bridgehead atoms. The number of hydrogen-bond donors (Lipinski definition) is 1. The number of carbonyl (C=O) groups is 2. The molecule has 2 amide bonds. The number of nitrogens with one attached hydrogen (secondary N) is 1. The molecule has 0 radical (unpaired) electrons. The third-order valence-electron chi connectivity index (χ3n) is 5.45. The predicted octanol–water partition coefficient (Wildman–Crippen LogP) is 1.94. The lowest BCUT2D eigenvalue weighted by Gasteiger charge is -2.44. The summed E-state index contributed by atoms with van der Waals surface area (Å²) in [7, 11) is 0. The zero-order valence-electron chi connectivity index (χ0n) is 13.1. The predicted molar refractivity (Wildman–Crippen MR) is 74.5 cm³/mol. The quantitative estimate of drug-likeness (QED) is 0.830. The Hall–Kier alpha value is -1.06. The van der Waals surface area contributed by atoms with Crippen LogP contribution in [-0.2, 0) is 9.59 Å². The molecule has 1 N–H and O–H groups in total. The molecular weight excluding hydrogens is 240 g/mol. The van der Waals surface area contributed by atoms with Gasteiger partial charge in [0.1, 0.15) is 11.6 Å². The van der Waals surface area contributed by atoms with Gasteiger partial charge < -0.3 is 10.2 Å². The Kier molecular flexibility index (Phi) is 2.82. The van der Waals surface area contributed by atoms with Crippen LogP contribution >= 0.6 is 0 Å². The fraction of sp³-hybridized carbons (Fsp3) is 0.867. The normalized spacial score (nSPS) is 32.2. The van der Waals surface area contributed by atoms with E-state index in [1.807, 2.05) is 11.8 Å². The van der Waals surface area contributed by atoms with E-state index in [0.717, 1.165) is 0 Å². The molecule has 0 aromatic carbocycles. The van der Waals surface area contributed by atoms with Crippen molar-refractivity contribution >= 4 is 11.8 Å². The van der Waals surface area contributed by atoms with Crippen molar-refractivity contribution in [1.82, 2.24) is 10.2 Å². The first-order valence-electron chi connectivity index (χ1n) is 7.13. The van der Waals surface area contributed by atoms with Crippen LogP contribution in [0.15, 0.2) is 0 Å². The summed E-state index contributed by atoms with van der Waals surface area (Å²) in [6, 6.07) is -0.186. The molecule has 1 aliphatic carbocycles. The van der Waals surface area contributed by atoms with Crippen LogP contribution < -0.4 is 5.32 Å².